The highest BCUT2D eigenvalue weighted by atomic mass is 16.5. The fraction of sp³-hybridized carbons (Fsp3) is 0.308. The van der Waals surface area contributed by atoms with E-state index in [4.69, 9.17) is 9.47 Å². The zero-order valence-corrected chi connectivity index (χ0v) is 11.1. The molecule has 6 nitrogen and oxygen atoms in total. The number of aryl methyl sites for hydroxylation is 1. The molecule has 1 heterocycles. The van der Waals surface area contributed by atoms with Crippen molar-refractivity contribution in [3.05, 3.63) is 29.5 Å². The first-order valence-corrected chi connectivity index (χ1v) is 5.90. The van der Waals surface area contributed by atoms with Crippen molar-refractivity contribution >= 4 is 5.97 Å². The van der Waals surface area contributed by atoms with Gasteiger partial charge in [-0.2, -0.15) is 10.3 Å². The number of hydrogen-bond donors (Lipinski definition) is 1. The van der Waals surface area contributed by atoms with Crippen molar-refractivity contribution in [1.29, 1.82) is 0 Å². The van der Waals surface area contributed by atoms with Crippen LogP contribution in [0.3, 0.4) is 0 Å². The Morgan fingerprint density at radius 1 is 1.37 bits per heavy atom. The summed E-state index contributed by atoms with van der Waals surface area (Å²) in [5.41, 5.74) is 2.25. The minimum Gasteiger partial charge on any atom is -0.496 e. The second-order valence-electron chi connectivity index (χ2n) is 3.90. The number of carbonyl (C=O) groups is 1. The molecule has 6 heteroatoms. The highest BCUT2D eigenvalue weighted by Gasteiger charge is 2.22. The molecule has 1 N–H and O–H groups in total. The fourth-order valence-corrected chi connectivity index (χ4v) is 1.87. The summed E-state index contributed by atoms with van der Waals surface area (Å²) in [7, 11) is 1.58. The molecule has 0 spiro atoms. The second-order valence-corrected chi connectivity index (χ2v) is 3.90. The van der Waals surface area contributed by atoms with E-state index in [0.717, 1.165) is 5.56 Å². The van der Waals surface area contributed by atoms with Gasteiger partial charge in [0.25, 0.3) is 0 Å². The van der Waals surface area contributed by atoms with Crippen LogP contribution in [0.1, 0.15) is 23.0 Å². The van der Waals surface area contributed by atoms with Gasteiger partial charge in [0.2, 0.25) is 0 Å². The number of carbonyl (C=O) groups excluding carboxylic acids is 1. The van der Waals surface area contributed by atoms with Crippen LogP contribution in [0.2, 0.25) is 0 Å². The molecule has 0 saturated heterocycles. The lowest BCUT2D eigenvalue weighted by atomic mass is 10.1. The highest BCUT2D eigenvalue weighted by Crippen LogP contribution is 2.32. The number of ether oxygens (including phenoxy) is 2. The van der Waals surface area contributed by atoms with Crippen LogP contribution in [-0.2, 0) is 4.74 Å². The van der Waals surface area contributed by atoms with Crippen LogP contribution in [0.25, 0.3) is 11.3 Å². The summed E-state index contributed by atoms with van der Waals surface area (Å²) in [6.07, 6.45) is 0. The smallest absolute Gasteiger partial charge is 0.361 e. The SMILES string of the molecule is CCOC(=O)c1n[nH]nc1-c1cccc(C)c1OC. The number of H-pyrrole nitrogens is 1. The number of aromatic amines is 1. The van der Waals surface area contributed by atoms with Gasteiger partial charge in [0.1, 0.15) is 11.4 Å². The maximum atomic E-state index is 11.8. The van der Waals surface area contributed by atoms with Gasteiger partial charge in [-0.3, -0.25) is 0 Å². The Labute approximate surface area is 110 Å². The lowest BCUT2D eigenvalue weighted by Gasteiger charge is -2.09. The average molecular weight is 261 g/mol. The van der Waals surface area contributed by atoms with Gasteiger partial charge < -0.3 is 9.47 Å². The van der Waals surface area contributed by atoms with Gasteiger partial charge in [0.05, 0.1) is 13.7 Å². The second kappa shape index (κ2) is 5.51. The largest absolute Gasteiger partial charge is 0.496 e. The van der Waals surface area contributed by atoms with Crippen molar-refractivity contribution in [2.75, 3.05) is 13.7 Å². The monoisotopic (exact) mass is 261 g/mol. The molecular formula is C13H15N3O3. The Bertz CT molecular complexity index is 593. The number of hydrogen-bond acceptors (Lipinski definition) is 5. The van der Waals surface area contributed by atoms with E-state index in [0.29, 0.717) is 17.0 Å². The van der Waals surface area contributed by atoms with E-state index in [1.54, 1.807) is 14.0 Å². The third-order valence-corrected chi connectivity index (χ3v) is 2.69. The molecule has 0 aliphatic carbocycles. The Kier molecular flexibility index (Phi) is 3.79. The average Bonchev–Trinajstić information content (AvgIpc) is 2.87. The quantitative estimate of drug-likeness (QED) is 0.851. The standard InChI is InChI=1S/C13H15N3O3/c1-4-19-13(17)11-10(14-16-15-11)9-7-5-6-8(2)12(9)18-3/h5-7H,4H2,1-3H3,(H,14,15,16). The predicted octanol–water partition coefficient (Wildman–Crippen LogP) is 1.97. The summed E-state index contributed by atoms with van der Waals surface area (Å²) in [5, 5.41) is 10.3. The first kappa shape index (κ1) is 13.1. The van der Waals surface area contributed by atoms with Gasteiger partial charge in [-0.15, -0.1) is 5.10 Å². The molecule has 2 rings (SSSR count). The fourth-order valence-electron chi connectivity index (χ4n) is 1.87. The summed E-state index contributed by atoms with van der Waals surface area (Å²) in [4.78, 5) is 11.8. The first-order valence-electron chi connectivity index (χ1n) is 5.90. The summed E-state index contributed by atoms with van der Waals surface area (Å²) in [6, 6.07) is 5.62. The molecular weight excluding hydrogens is 246 g/mol. The summed E-state index contributed by atoms with van der Waals surface area (Å²) < 4.78 is 10.3. The lowest BCUT2D eigenvalue weighted by Crippen LogP contribution is -2.07. The molecule has 0 bridgehead atoms. The number of benzene rings is 1. The zero-order chi connectivity index (χ0) is 13.8. The van der Waals surface area contributed by atoms with Crippen LogP contribution < -0.4 is 4.74 Å². The molecule has 0 aliphatic rings. The maximum absolute atomic E-state index is 11.8. The predicted molar refractivity (Wildman–Crippen MR) is 69.1 cm³/mol. The van der Waals surface area contributed by atoms with Gasteiger partial charge in [-0.25, -0.2) is 4.79 Å². The van der Waals surface area contributed by atoms with Crippen molar-refractivity contribution in [2.24, 2.45) is 0 Å². The van der Waals surface area contributed by atoms with Crippen LogP contribution in [0.4, 0.5) is 0 Å². The van der Waals surface area contributed by atoms with E-state index >= 15 is 0 Å². The Morgan fingerprint density at radius 3 is 2.84 bits per heavy atom. The molecule has 1 aromatic heterocycles. The number of rotatable bonds is 4. The van der Waals surface area contributed by atoms with Crippen molar-refractivity contribution in [2.45, 2.75) is 13.8 Å². The third kappa shape index (κ3) is 2.42. The molecule has 0 atom stereocenters. The van der Waals surface area contributed by atoms with Crippen LogP contribution in [-0.4, -0.2) is 35.1 Å². The number of nitrogens with zero attached hydrogens (tertiary/aromatic N) is 2. The summed E-state index contributed by atoms with van der Waals surface area (Å²) >= 11 is 0. The van der Waals surface area contributed by atoms with E-state index in [2.05, 4.69) is 15.4 Å². The molecule has 19 heavy (non-hydrogen) atoms. The van der Waals surface area contributed by atoms with Gasteiger partial charge in [-0.05, 0) is 25.5 Å². The van der Waals surface area contributed by atoms with E-state index in [1.165, 1.54) is 0 Å². The maximum Gasteiger partial charge on any atom is 0.361 e. The number of methoxy groups -OCH3 is 1. The van der Waals surface area contributed by atoms with Gasteiger partial charge >= 0.3 is 5.97 Å². The highest BCUT2D eigenvalue weighted by molar-refractivity contribution is 5.94. The van der Waals surface area contributed by atoms with E-state index in [-0.39, 0.29) is 12.3 Å². The zero-order valence-electron chi connectivity index (χ0n) is 11.1. The minimum absolute atomic E-state index is 0.158. The van der Waals surface area contributed by atoms with Crippen LogP contribution >= 0.6 is 0 Å². The normalized spacial score (nSPS) is 10.3. The number of nitrogens with one attached hydrogen (secondary N) is 1. The first-order chi connectivity index (χ1) is 9.19. The van der Waals surface area contributed by atoms with Gasteiger partial charge in [0.15, 0.2) is 5.69 Å². The van der Waals surface area contributed by atoms with Crippen molar-refractivity contribution in [3.63, 3.8) is 0 Å². The Morgan fingerprint density at radius 2 is 2.16 bits per heavy atom. The minimum atomic E-state index is -0.505. The van der Waals surface area contributed by atoms with E-state index in [9.17, 15) is 4.79 Å². The van der Waals surface area contributed by atoms with Crippen LogP contribution in [0.15, 0.2) is 18.2 Å². The van der Waals surface area contributed by atoms with Gasteiger partial charge in [-0.1, -0.05) is 12.1 Å². The van der Waals surface area contributed by atoms with E-state index < -0.39 is 5.97 Å². The number of aromatic nitrogens is 3. The topological polar surface area (TPSA) is 77.1 Å². The molecule has 0 saturated carbocycles. The molecule has 0 unspecified atom stereocenters. The number of esters is 1. The van der Waals surface area contributed by atoms with Gasteiger partial charge in [0, 0.05) is 5.56 Å². The molecule has 100 valence electrons. The molecule has 2 aromatic rings. The number of para-hydroxylation sites is 1. The third-order valence-electron chi connectivity index (χ3n) is 2.69. The molecule has 0 aliphatic heterocycles. The molecule has 0 fully saturated rings. The van der Waals surface area contributed by atoms with Crippen molar-refractivity contribution in [3.8, 4) is 17.0 Å². The summed E-state index contributed by atoms with van der Waals surface area (Å²) in [5.74, 6) is 0.164. The molecule has 0 radical (unpaired) electrons. The van der Waals surface area contributed by atoms with Crippen molar-refractivity contribution < 1.29 is 14.3 Å². The Balaban J connectivity index is 2.52. The van der Waals surface area contributed by atoms with Crippen LogP contribution in [0, 0.1) is 6.92 Å². The molecule has 0 amide bonds. The Hall–Kier alpha value is -2.37. The lowest BCUT2D eigenvalue weighted by molar-refractivity contribution is 0.0520. The van der Waals surface area contributed by atoms with Crippen molar-refractivity contribution in [1.82, 2.24) is 15.4 Å². The molecule has 1 aromatic carbocycles. The van der Waals surface area contributed by atoms with E-state index in [1.807, 2.05) is 25.1 Å². The summed E-state index contributed by atoms with van der Waals surface area (Å²) in [6.45, 7) is 3.95. The van der Waals surface area contributed by atoms with Crippen LogP contribution in [0.5, 0.6) is 5.75 Å².